The highest BCUT2D eigenvalue weighted by Crippen LogP contribution is 2.26. The fourth-order valence-corrected chi connectivity index (χ4v) is 3.79. The fourth-order valence-electron chi connectivity index (χ4n) is 2.00. The molecule has 98 valence electrons. The Morgan fingerprint density at radius 2 is 2.33 bits per heavy atom. The zero-order chi connectivity index (χ0) is 13.0. The van der Waals surface area contributed by atoms with E-state index in [2.05, 4.69) is 21.2 Å². The third-order valence-electron chi connectivity index (χ3n) is 3.01. The van der Waals surface area contributed by atoms with Crippen LogP contribution in [0.3, 0.4) is 0 Å². The van der Waals surface area contributed by atoms with Crippen molar-refractivity contribution in [3.05, 3.63) is 28.2 Å². The summed E-state index contributed by atoms with van der Waals surface area (Å²) in [5, 5.41) is 13.0. The zero-order valence-electron chi connectivity index (χ0n) is 9.99. The van der Waals surface area contributed by atoms with Crippen LogP contribution in [-0.2, 0) is 0 Å². The Hall–Kier alpha value is -0.680. The molecule has 5 heteroatoms. The van der Waals surface area contributed by atoms with Crippen LogP contribution in [0.25, 0.3) is 0 Å². The molecule has 1 heterocycles. The first-order valence-corrected chi connectivity index (χ1v) is 7.89. The van der Waals surface area contributed by atoms with Crippen LogP contribution in [0.5, 0.6) is 0 Å². The van der Waals surface area contributed by atoms with Gasteiger partial charge in [-0.25, -0.2) is 4.79 Å². The molecule has 0 aromatic heterocycles. The van der Waals surface area contributed by atoms with E-state index in [0.29, 0.717) is 15.3 Å². The van der Waals surface area contributed by atoms with Gasteiger partial charge in [0.25, 0.3) is 0 Å². The smallest absolute Gasteiger partial charge is 0.336 e. The van der Waals surface area contributed by atoms with Crippen molar-refractivity contribution < 1.29 is 9.90 Å². The number of halogens is 1. The van der Waals surface area contributed by atoms with Crippen LogP contribution in [0, 0.1) is 0 Å². The fraction of sp³-hybridized carbons (Fsp3) is 0.462. The van der Waals surface area contributed by atoms with Crippen molar-refractivity contribution in [3.63, 3.8) is 0 Å². The van der Waals surface area contributed by atoms with Crippen molar-refractivity contribution in [2.45, 2.75) is 24.5 Å². The first-order valence-electron chi connectivity index (χ1n) is 6.05. The predicted molar refractivity (Wildman–Crippen MR) is 79.7 cm³/mol. The van der Waals surface area contributed by atoms with Gasteiger partial charge in [-0.05, 0) is 52.7 Å². The van der Waals surface area contributed by atoms with Crippen LogP contribution in [0.15, 0.2) is 22.7 Å². The van der Waals surface area contributed by atoms with Gasteiger partial charge in [0.05, 0.1) is 5.56 Å². The number of carbonyl (C=O) groups is 1. The van der Waals surface area contributed by atoms with Gasteiger partial charge in [0.1, 0.15) is 0 Å². The molecule has 1 aliphatic rings. The molecule has 0 bridgehead atoms. The Labute approximate surface area is 119 Å². The normalized spacial score (nSPS) is 19.5. The maximum Gasteiger partial charge on any atom is 0.336 e. The van der Waals surface area contributed by atoms with Crippen LogP contribution in [0.1, 0.15) is 29.6 Å². The summed E-state index contributed by atoms with van der Waals surface area (Å²) in [6.07, 6.45) is 3.92. The lowest BCUT2D eigenvalue weighted by Gasteiger charge is -2.22. The van der Waals surface area contributed by atoms with Crippen LogP contribution in [-0.4, -0.2) is 28.6 Å². The number of thioether (sulfide) groups is 1. The van der Waals surface area contributed by atoms with E-state index in [4.69, 9.17) is 5.11 Å². The number of aromatic carboxylic acids is 1. The Balaban J connectivity index is 1.93. The summed E-state index contributed by atoms with van der Waals surface area (Å²) < 4.78 is 0.622. The minimum Gasteiger partial charge on any atom is -0.478 e. The lowest BCUT2D eigenvalue weighted by Crippen LogP contribution is -2.20. The number of hydrogen-bond donors (Lipinski definition) is 2. The molecule has 1 unspecified atom stereocenters. The van der Waals surface area contributed by atoms with Crippen LogP contribution >= 0.6 is 27.7 Å². The summed E-state index contributed by atoms with van der Waals surface area (Å²) in [5.41, 5.74) is 1.27. The highest BCUT2D eigenvalue weighted by atomic mass is 79.9. The number of carboxylic acid groups (broad SMARTS) is 1. The molecule has 0 radical (unpaired) electrons. The summed E-state index contributed by atoms with van der Waals surface area (Å²) in [5.74, 6) is 0.352. The molecule has 1 aliphatic heterocycles. The molecule has 1 fully saturated rings. The van der Waals surface area contributed by atoms with Crippen molar-refractivity contribution in [1.82, 2.24) is 0 Å². The van der Waals surface area contributed by atoms with Crippen molar-refractivity contribution in [2.24, 2.45) is 0 Å². The Morgan fingerprint density at radius 1 is 1.50 bits per heavy atom. The highest BCUT2D eigenvalue weighted by molar-refractivity contribution is 9.10. The average Bonchev–Trinajstić information content (AvgIpc) is 2.37. The summed E-state index contributed by atoms with van der Waals surface area (Å²) in [6, 6.07) is 5.28. The van der Waals surface area contributed by atoms with E-state index in [1.165, 1.54) is 25.0 Å². The average molecular weight is 330 g/mol. The van der Waals surface area contributed by atoms with Gasteiger partial charge in [-0.15, -0.1) is 0 Å². The second kappa shape index (κ2) is 6.48. The number of anilines is 1. The standard InChI is InChI=1S/C13H16BrNO2S/c14-12-7-9(4-5-11(12)13(16)17)15-8-10-3-1-2-6-18-10/h4-5,7,10,15H,1-3,6,8H2,(H,16,17). The maximum atomic E-state index is 10.9. The van der Waals surface area contributed by atoms with Crippen molar-refractivity contribution in [2.75, 3.05) is 17.6 Å². The minimum absolute atomic E-state index is 0.299. The summed E-state index contributed by atoms with van der Waals surface area (Å²) in [4.78, 5) is 10.9. The molecule has 2 rings (SSSR count). The van der Waals surface area contributed by atoms with E-state index < -0.39 is 5.97 Å². The van der Waals surface area contributed by atoms with Crippen LogP contribution < -0.4 is 5.32 Å². The molecule has 1 atom stereocenters. The molecule has 0 amide bonds. The van der Waals surface area contributed by atoms with Crippen molar-refractivity contribution >= 4 is 39.3 Å². The van der Waals surface area contributed by atoms with Crippen LogP contribution in [0.4, 0.5) is 5.69 Å². The lowest BCUT2D eigenvalue weighted by molar-refractivity contribution is 0.0696. The van der Waals surface area contributed by atoms with E-state index in [-0.39, 0.29) is 0 Å². The van der Waals surface area contributed by atoms with E-state index in [9.17, 15) is 4.79 Å². The summed E-state index contributed by atoms with van der Waals surface area (Å²) in [7, 11) is 0. The molecule has 0 spiro atoms. The largest absolute Gasteiger partial charge is 0.478 e. The van der Waals surface area contributed by atoms with Crippen LogP contribution in [0.2, 0.25) is 0 Å². The predicted octanol–water partition coefficient (Wildman–Crippen LogP) is 3.84. The molecule has 1 aromatic carbocycles. The molecule has 18 heavy (non-hydrogen) atoms. The third-order valence-corrected chi connectivity index (χ3v) is 5.06. The SMILES string of the molecule is O=C(O)c1ccc(NCC2CCCCS2)cc1Br. The second-order valence-electron chi connectivity index (χ2n) is 4.37. The number of nitrogens with one attached hydrogen (secondary N) is 1. The first kappa shape index (κ1) is 13.7. The zero-order valence-corrected chi connectivity index (χ0v) is 12.4. The Morgan fingerprint density at radius 3 is 2.94 bits per heavy atom. The lowest BCUT2D eigenvalue weighted by atomic mass is 10.1. The van der Waals surface area contributed by atoms with Gasteiger partial charge in [-0.1, -0.05) is 6.42 Å². The van der Waals surface area contributed by atoms with Gasteiger partial charge in [-0.3, -0.25) is 0 Å². The highest BCUT2D eigenvalue weighted by Gasteiger charge is 2.14. The van der Waals surface area contributed by atoms with E-state index in [0.717, 1.165) is 12.2 Å². The van der Waals surface area contributed by atoms with Gasteiger partial charge < -0.3 is 10.4 Å². The number of carboxylic acids is 1. The molecule has 0 saturated carbocycles. The van der Waals surface area contributed by atoms with Crippen molar-refractivity contribution in [3.8, 4) is 0 Å². The van der Waals surface area contributed by atoms with Gasteiger partial charge in [0, 0.05) is 22.0 Å². The summed E-state index contributed by atoms with van der Waals surface area (Å²) >= 11 is 5.31. The molecule has 1 saturated heterocycles. The van der Waals surface area contributed by atoms with E-state index in [1.807, 2.05) is 23.9 Å². The van der Waals surface area contributed by atoms with E-state index in [1.54, 1.807) is 6.07 Å². The summed E-state index contributed by atoms with van der Waals surface area (Å²) in [6.45, 7) is 0.948. The molecule has 2 N–H and O–H groups in total. The number of rotatable bonds is 4. The van der Waals surface area contributed by atoms with Crippen molar-refractivity contribution in [1.29, 1.82) is 0 Å². The van der Waals surface area contributed by atoms with Gasteiger partial charge in [-0.2, -0.15) is 11.8 Å². The van der Waals surface area contributed by atoms with Gasteiger partial charge in [0.2, 0.25) is 0 Å². The maximum absolute atomic E-state index is 10.9. The molecule has 0 aliphatic carbocycles. The molecule has 3 nitrogen and oxygen atoms in total. The third kappa shape index (κ3) is 3.65. The van der Waals surface area contributed by atoms with Gasteiger partial charge in [0.15, 0.2) is 0 Å². The van der Waals surface area contributed by atoms with E-state index >= 15 is 0 Å². The molecule has 1 aromatic rings. The Kier molecular flexibility index (Phi) is 4.95. The monoisotopic (exact) mass is 329 g/mol. The number of hydrogen-bond acceptors (Lipinski definition) is 3. The Bertz CT molecular complexity index is 433. The minimum atomic E-state index is -0.906. The van der Waals surface area contributed by atoms with Gasteiger partial charge >= 0.3 is 5.97 Å². The molecular weight excluding hydrogens is 314 g/mol. The first-order chi connectivity index (χ1) is 8.66. The quantitative estimate of drug-likeness (QED) is 0.880. The second-order valence-corrected chi connectivity index (χ2v) is 6.63. The topological polar surface area (TPSA) is 49.3 Å². The number of benzene rings is 1. The molecular formula is C13H16BrNO2S.